The fourth-order valence-electron chi connectivity index (χ4n) is 2.62. The summed E-state index contributed by atoms with van der Waals surface area (Å²) in [4.78, 5) is 16.5. The second kappa shape index (κ2) is 6.60. The molecule has 3 rings (SSSR count). The Morgan fingerprint density at radius 3 is 2.70 bits per heavy atom. The molecule has 1 aromatic heterocycles. The third-order valence-corrected chi connectivity index (χ3v) is 3.80. The number of nitrogens with one attached hydrogen (secondary N) is 1. The lowest BCUT2D eigenvalue weighted by Crippen LogP contribution is -2.25. The van der Waals surface area contributed by atoms with Gasteiger partial charge in [0.25, 0.3) is 5.91 Å². The average Bonchev–Trinajstić information content (AvgIpc) is 2.87. The Balaban J connectivity index is 1.56. The Morgan fingerprint density at radius 2 is 1.91 bits per heavy atom. The van der Waals surface area contributed by atoms with Gasteiger partial charge < -0.3 is 9.88 Å². The third kappa shape index (κ3) is 3.39. The lowest BCUT2D eigenvalue weighted by molar-refractivity contribution is 0.0952. The molecule has 0 atom stereocenters. The summed E-state index contributed by atoms with van der Waals surface area (Å²) < 4.78 is 15.0. The second-order valence-corrected chi connectivity index (χ2v) is 5.42. The van der Waals surface area contributed by atoms with Crippen LogP contribution in [0.15, 0.2) is 48.5 Å². The minimum atomic E-state index is -0.344. The van der Waals surface area contributed by atoms with E-state index >= 15 is 0 Å². The van der Waals surface area contributed by atoms with Crippen molar-refractivity contribution in [2.24, 2.45) is 0 Å². The van der Waals surface area contributed by atoms with E-state index in [-0.39, 0.29) is 11.7 Å². The fourth-order valence-corrected chi connectivity index (χ4v) is 2.62. The number of imidazole rings is 1. The highest BCUT2D eigenvalue weighted by molar-refractivity contribution is 5.94. The standard InChI is InChI=1S/C18H18FN3O/c1-13-21-16-5-2-3-6-17(16)22(13)12-4-11-20-18(23)14-7-9-15(19)10-8-14/h2-3,5-10H,4,11-12H2,1H3,(H,20,23). The van der Waals surface area contributed by atoms with Gasteiger partial charge in [-0.1, -0.05) is 12.1 Å². The molecule has 2 aromatic carbocycles. The maximum atomic E-state index is 12.8. The molecular weight excluding hydrogens is 293 g/mol. The van der Waals surface area contributed by atoms with Gasteiger partial charge in [0.15, 0.2) is 0 Å². The van der Waals surface area contributed by atoms with Gasteiger partial charge in [0.05, 0.1) is 11.0 Å². The van der Waals surface area contributed by atoms with Gasteiger partial charge in [-0.2, -0.15) is 0 Å². The van der Waals surface area contributed by atoms with E-state index in [1.54, 1.807) is 0 Å². The largest absolute Gasteiger partial charge is 0.352 e. The van der Waals surface area contributed by atoms with Crippen molar-refractivity contribution >= 4 is 16.9 Å². The van der Waals surface area contributed by atoms with Crippen LogP contribution in [0.25, 0.3) is 11.0 Å². The van der Waals surface area contributed by atoms with Crippen molar-refractivity contribution < 1.29 is 9.18 Å². The molecule has 3 aromatic rings. The number of aromatic nitrogens is 2. The lowest BCUT2D eigenvalue weighted by Gasteiger charge is -2.08. The predicted octanol–water partition coefficient (Wildman–Crippen LogP) is 3.30. The number of benzene rings is 2. The van der Waals surface area contributed by atoms with Gasteiger partial charge >= 0.3 is 0 Å². The molecule has 0 aliphatic heterocycles. The van der Waals surface area contributed by atoms with Crippen LogP contribution < -0.4 is 5.32 Å². The summed E-state index contributed by atoms with van der Waals surface area (Å²) in [6.45, 7) is 3.33. The summed E-state index contributed by atoms with van der Waals surface area (Å²) in [5.74, 6) is 0.442. The van der Waals surface area contributed by atoms with E-state index in [4.69, 9.17) is 0 Å². The first-order valence-electron chi connectivity index (χ1n) is 7.61. The van der Waals surface area contributed by atoms with Crippen LogP contribution in [0.1, 0.15) is 22.6 Å². The average molecular weight is 311 g/mol. The molecule has 1 amide bonds. The van der Waals surface area contributed by atoms with E-state index in [1.807, 2.05) is 31.2 Å². The molecule has 0 unspecified atom stereocenters. The van der Waals surface area contributed by atoms with Crippen LogP contribution in [-0.2, 0) is 6.54 Å². The maximum absolute atomic E-state index is 12.8. The molecule has 1 N–H and O–H groups in total. The van der Waals surface area contributed by atoms with E-state index in [9.17, 15) is 9.18 Å². The molecular formula is C18H18FN3O. The molecule has 0 spiro atoms. The number of aryl methyl sites for hydroxylation is 2. The number of nitrogens with zero attached hydrogens (tertiary/aromatic N) is 2. The van der Waals surface area contributed by atoms with E-state index in [2.05, 4.69) is 14.9 Å². The zero-order chi connectivity index (χ0) is 16.2. The van der Waals surface area contributed by atoms with E-state index in [1.165, 1.54) is 24.3 Å². The van der Waals surface area contributed by atoms with Crippen molar-refractivity contribution in [1.29, 1.82) is 0 Å². The molecule has 4 nitrogen and oxygen atoms in total. The smallest absolute Gasteiger partial charge is 0.251 e. The highest BCUT2D eigenvalue weighted by atomic mass is 19.1. The Labute approximate surface area is 134 Å². The molecule has 0 aliphatic rings. The molecule has 5 heteroatoms. The van der Waals surface area contributed by atoms with Gasteiger partial charge in [0, 0.05) is 18.7 Å². The highest BCUT2D eigenvalue weighted by Gasteiger charge is 2.07. The van der Waals surface area contributed by atoms with Crippen LogP contribution in [-0.4, -0.2) is 22.0 Å². The van der Waals surface area contributed by atoms with Crippen LogP contribution in [0.4, 0.5) is 4.39 Å². The van der Waals surface area contributed by atoms with Crippen molar-refractivity contribution in [2.75, 3.05) is 6.54 Å². The van der Waals surface area contributed by atoms with Crippen LogP contribution >= 0.6 is 0 Å². The zero-order valence-corrected chi connectivity index (χ0v) is 12.9. The van der Waals surface area contributed by atoms with E-state index in [0.717, 1.165) is 29.8 Å². The van der Waals surface area contributed by atoms with E-state index < -0.39 is 0 Å². The quantitative estimate of drug-likeness (QED) is 0.735. The number of fused-ring (bicyclic) bond motifs is 1. The number of halogens is 1. The van der Waals surface area contributed by atoms with Crippen LogP contribution in [0, 0.1) is 12.7 Å². The summed E-state index contributed by atoms with van der Waals surface area (Å²) in [5.41, 5.74) is 2.56. The van der Waals surface area contributed by atoms with Crippen molar-refractivity contribution in [2.45, 2.75) is 19.9 Å². The van der Waals surface area contributed by atoms with Gasteiger partial charge in [0.2, 0.25) is 0 Å². The highest BCUT2D eigenvalue weighted by Crippen LogP contribution is 2.15. The normalized spacial score (nSPS) is 10.9. The Kier molecular flexibility index (Phi) is 4.37. The molecule has 1 heterocycles. The molecule has 0 bridgehead atoms. The van der Waals surface area contributed by atoms with Crippen molar-refractivity contribution in [3.05, 3.63) is 65.7 Å². The van der Waals surface area contributed by atoms with Crippen molar-refractivity contribution in [3.8, 4) is 0 Å². The number of rotatable bonds is 5. The Hall–Kier alpha value is -2.69. The Bertz CT molecular complexity index is 824. The SMILES string of the molecule is Cc1nc2ccccc2n1CCCNC(=O)c1ccc(F)cc1. The Morgan fingerprint density at radius 1 is 1.17 bits per heavy atom. The number of para-hydroxylation sites is 2. The summed E-state index contributed by atoms with van der Waals surface area (Å²) in [6, 6.07) is 13.6. The van der Waals surface area contributed by atoms with Crippen LogP contribution in [0.2, 0.25) is 0 Å². The molecule has 0 saturated heterocycles. The van der Waals surface area contributed by atoms with Gasteiger partial charge in [-0.05, 0) is 49.7 Å². The van der Waals surface area contributed by atoms with Crippen molar-refractivity contribution in [1.82, 2.24) is 14.9 Å². The lowest BCUT2D eigenvalue weighted by atomic mass is 10.2. The van der Waals surface area contributed by atoms with Gasteiger partial charge in [-0.25, -0.2) is 9.37 Å². The van der Waals surface area contributed by atoms with Gasteiger partial charge in [-0.3, -0.25) is 4.79 Å². The zero-order valence-electron chi connectivity index (χ0n) is 12.9. The molecule has 0 fully saturated rings. The number of amides is 1. The minimum Gasteiger partial charge on any atom is -0.352 e. The second-order valence-electron chi connectivity index (χ2n) is 5.42. The first kappa shape index (κ1) is 15.2. The summed E-state index contributed by atoms with van der Waals surface area (Å²) in [5, 5.41) is 2.85. The summed E-state index contributed by atoms with van der Waals surface area (Å²) >= 11 is 0. The molecule has 0 saturated carbocycles. The number of hydrogen-bond acceptors (Lipinski definition) is 2. The molecule has 118 valence electrons. The molecule has 23 heavy (non-hydrogen) atoms. The van der Waals surface area contributed by atoms with Crippen LogP contribution in [0.5, 0.6) is 0 Å². The van der Waals surface area contributed by atoms with Gasteiger partial charge in [-0.15, -0.1) is 0 Å². The first-order chi connectivity index (χ1) is 11.1. The van der Waals surface area contributed by atoms with E-state index in [0.29, 0.717) is 12.1 Å². The molecule has 0 aliphatic carbocycles. The maximum Gasteiger partial charge on any atom is 0.251 e. The first-order valence-corrected chi connectivity index (χ1v) is 7.61. The van der Waals surface area contributed by atoms with Crippen molar-refractivity contribution in [3.63, 3.8) is 0 Å². The third-order valence-electron chi connectivity index (χ3n) is 3.80. The van der Waals surface area contributed by atoms with Gasteiger partial charge in [0.1, 0.15) is 11.6 Å². The monoisotopic (exact) mass is 311 g/mol. The number of carbonyl (C=O) groups is 1. The number of carbonyl (C=O) groups excluding carboxylic acids is 1. The minimum absolute atomic E-state index is 0.183. The summed E-state index contributed by atoms with van der Waals surface area (Å²) in [7, 11) is 0. The topological polar surface area (TPSA) is 46.9 Å². The number of hydrogen-bond donors (Lipinski definition) is 1. The summed E-state index contributed by atoms with van der Waals surface area (Å²) in [6.07, 6.45) is 0.800. The predicted molar refractivity (Wildman–Crippen MR) is 87.8 cm³/mol. The fraction of sp³-hybridized carbons (Fsp3) is 0.222. The van der Waals surface area contributed by atoms with Crippen LogP contribution in [0.3, 0.4) is 0 Å². The molecule has 0 radical (unpaired) electrons.